The van der Waals surface area contributed by atoms with Crippen LogP contribution in [-0.2, 0) is 0 Å². The Kier molecular flexibility index (Phi) is 2.36. The first-order chi connectivity index (χ1) is 4.66. The van der Waals surface area contributed by atoms with Crippen molar-refractivity contribution in [1.29, 1.82) is 0 Å². The Morgan fingerprint density at radius 2 is 1.00 bits per heavy atom. The maximum absolute atomic E-state index is 4.11. The Balaban J connectivity index is 2.30. The van der Waals surface area contributed by atoms with E-state index in [0.717, 1.165) is 0 Å². The van der Waals surface area contributed by atoms with Gasteiger partial charge >= 0.3 is 80.8 Å². The molecule has 0 bridgehead atoms. The van der Waals surface area contributed by atoms with Gasteiger partial charge in [-0.1, -0.05) is 0 Å². The van der Waals surface area contributed by atoms with E-state index in [1.807, 2.05) is 0 Å². The van der Waals surface area contributed by atoms with Crippen LogP contribution in [0.15, 0.2) is 0 Å². The van der Waals surface area contributed by atoms with Crippen molar-refractivity contribution in [2.24, 2.45) is 0 Å². The van der Waals surface area contributed by atoms with E-state index in [1.165, 1.54) is 12.8 Å². The van der Waals surface area contributed by atoms with Gasteiger partial charge in [0, 0.05) is 0 Å². The van der Waals surface area contributed by atoms with Crippen molar-refractivity contribution in [3.8, 4) is 0 Å². The van der Waals surface area contributed by atoms with Crippen molar-refractivity contribution in [3.05, 3.63) is 0 Å². The zero-order chi connectivity index (χ0) is 7.24. The van der Waals surface area contributed by atoms with Crippen LogP contribution in [0.2, 0.25) is 21.3 Å². The molecular weight excluding hydrogens is 390 g/mol. The van der Waals surface area contributed by atoms with Crippen LogP contribution in [0, 0.1) is 0 Å². The summed E-state index contributed by atoms with van der Waals surface area (Å²) in [6.07, 6.45) is 3.08. The fraction of sp³-hybridized carbons (Fsp3) is 1.00. The Morgan fingerprint density at radius 1 is 0.700 bits per heavy atom. The quantitative estimate of drug-likeness (QED) is 0.544. The van der Waals surface area contributed by atoms with Gasteiger partial charge in [-0.3, -0.25) is 0 Å². The van der Waals surface area contributed by atoms with Crippen molar-refractivity contribution in [3.63, 3.8) is 0 Å². The Morgan fingerprint density at radius 3 is 1.30 bits per heavy atom. The zero-order valence-corrected chi connectivity index (χ0v) is 12.4. The number of fused-ring (bicyclic) bond motifs is 1. The molecule has 0 aliphatic carbocycles. The molecular formula is C6H12Br2Se2. The van der Waals surface area contributed by atoms with E-state index in [9.17, 15) is 0 Å². The third-order valence-corrected chi connectivity index (χ3v) is 74.7. The molecule has 0 unspecified atom stereocenters. The van der Waals surface area contributed by atoms with E-state index in [0.29, 0.717) is 0 Å². The zero-order valence-electron chi connectivity index (χ0n) is 5.82. The predicted molar refractivity (Wildman–Crippen MR) is 57.8 cm³/mol. The molecule has 0 radical (unpaired) electrons. The molecule has 0 nitrogen and oxygen atoms in total. The van der Waals surface area contributed by atoms with Gasteiger partial charge in [0.05, 0.1) is 0 Å². The van der Waals surface area contributed by atoms with E-state index in [1.54, 1.807) is 21.3 Å². The van der Waals surface area contributed by atoms with Crippen molar-refractivity contribution in [1.82, 2.24) is 0 Å². The molecule has 2 heterocycles. The van der Waals surface area contributed by atoms with Crippen molar-refractivity contribution >= 4 is 46.6 Å². The van der Waals surface area contributed by atoms with Gasteiger partial charge in [0.25, 0.3) is 0 Å². The van der Waals surface area contributed by atoms with Gasteiger partial charge in [0.2, 0.25) is 0 Å². The van der Waals surface area contributed by atoms with Gasteiger partial charge in [-0.2, -0.15) is 0 Å². The molecule has 4 heteroatoms. The predicted octanol–water partition coefficient (Wildman–Crippen LogP) is 3.55. The fourth-order valence-electron chi connectivity index (χ4n) is 1.78. The molecule has 0 N–H and O–H groups in total. The number of hydrogen-bond acceptors (Lipinski definition) is 0. The van der Waals surface area contributed by atoms with Gasteiger partial charge in [0.15, 0.2) is 0 Å². The van der Waals surface area contributed by atoms with E-state index >= 15 is 0 Å². The Bertz CT molecular complexity index is 134. The Labute approximate surface area is 79.9 Å². The second-order valence-electron chi connectivity index (χ2n) is 2.97. The number of halogens is 2. The van der Waals surface area contributed by atoms with Crippen LogP contribution in [0.25, 0.3) is 0 Å². The molecule has 0 spiro atoms. The SMILES string of the molecule is Br[Se]12CCC[Se]1(Br)CCC2. The molecule has 0 atom stereocenters. The summed E-state index contributed by atoms with van der Waals surface area (Å²) in [5, 5.41) is 6.40. The Hall–Kier alpha value is 2.00. The fourth-order valence-corrected chi connectivity index (χ4v) is 49.0. The molecule has 2 fully saturated rings. The molecule has 62 valence electrons. The monoisotopic (exact) mass is 402 g/mol. The second-order valence-corrected chi connectivity index (χ2v) is 49.3. The van der Waals surface area contributed by atoms with Gasteiger partial charge in [0.1, 0.15) is 0 Å². The van der Waals surface area contributed by atoms with Gasteiger partial charge in [-0.25, -0.2) is 0 Å². The standard InChI is InChI=1S/C6H12Br2Se2/c7-9-3-1-4-10(9,8)6-2-5-9/h1-6H2. The van der Waals surface area contributed by atoms with Crippen molar-refractivity contribution in [2.45, 2.75) is 34.1 Å². The summed E-state index contributed by atoms with van der Waals surface area (Å²) in [5.74, 6) is 0. The van der Waals surface area contributed by atoms with Gasteiger partial charge in [-0.05, 0) is 0 Å². The van der Waals surface area contributed by atoms with Crippen LogP contribution in [0.1, 0.15) is 12.8 Å². The van der Waals surface area contributed by atoms with Gasteiger partial charge in [-0.15, -0.1) is 0 Å². The first-order valence-corrected chi connectivity index (χ1v) is 20.8. The molecule has 0 aromatic carbocycles. The van der Waals surface area contributed by atoms with Crippen LogP contribution in [0.4, 0.5) is 0 Å². The van der Waals surface area contributed by atoms with E-state index < -0.39 is 18.4 Å². The normalized spacial score (nSPS) is 66.2. The van der Waals surface area contributed by atoms with Crippen LogP contribution >= 0.6 is 28.2 Å². The van der Waals surface area contributed by atoms with Gasteiger partial charge < -0.3 is 0 Å². The average molecular weight is 402 g/mol. The third kappa shape index (κ3) is 1.11. The molecule has 0 amide bonds. The minimum absolute atomic E-state index is 0.969. The first kappa shape index (κ1) is 8.59. The number of rotatable bonds is 0. The summed E-state index contributed by atoms with van der Waals surface area (Å²) < 4.78 is 0. The van der Waals surface area contributed by atoms with E-state index in [-0.39, 0.29) is 0 Å². The van der Waals surface area contributed by atoms with Crippen LogP contribution in [0.5, 0.6) is 0 Å². The summed E-state index contributed by atoms with van der Waals surface area (Å²) in [7, 11) is -1.94. The third-order valence-electron chi connectivity index (χ3n) is 2.33. The second kappa shape index (κ2) is 2.75. The molecule has 2 rings (SSSR count). The summed E-state index contributed by atoms with van der Waals surface area (Å²) in [5.41, 5.74) is 0. The molecule has 2 saturated heterocycles. The molecule has 2 aliphatic heterocycles. The summed E-state index contributed by atoms with van der Waals surface area (Å²) in [6.45, 7) is 0. The minimum atomic E-state index is -0.969. The molecule has 2 aliphatic rings. The van der Waals surface area contributed by atoms with E-state index in [2.05, 4.69) is 28.2 Å². The summed E-state index contributed by atoms with van der Waals surface area (Å²) >= 11 is 8.22. The molecule has 0 aromatic rings. The van der Waals surface area contributed by atoms with Crippen LogP contribution in [0.3, 0.4) is 0 Å². The summed E-state index contributed by atoms with van der Waals surface area (Å²) in [6, 6.07) is 0. The number of hydrogen-bond donors (Lipinski definition) is 0. The first-order valence-electron chi connectivity index (χ1n) is 3.63. The average Bonchev–Trinajstić information content (AvgIpc) is 2.20. The molecule has 10 heavy (non-hydrogen) atoms. The van der Waals surface area contributed by atoms with Crippen LogP contribution < -0.4 is 0 Å². The summed E-state index contributed by atoms with van der Waals surface area (Å²) in [4.78, 5) is 0. The maximum atomic E-state index is 4.11. The van der Waals surface area contributed by atoms with E-state index in [4.69, 9.17) is 0 Å². The topological polar surface area (TPSA) is 0 Å². The molecule has 0 aromatic heterocycles. The van der Waals surface area contributed by atoms with Crippen molar-refractivity contribution in [2.75, 3.05) is 0 Å². The van der Waals surface area contributed by atoms with Crippen LogP contribution in [-0.4, -0.2) is 18.4 Å². The molecule has 0 saturated carbocycles. The van der Waals surface area contributed by atoms with Crippen molar-refractivity contribution < 1.29 is 0 Å².